The summed E-state index contributed by atoms with van der Waals surface area (Å²) in [4.78, 5) is 64.2. The lowest BCUT2D eigenvalue weighted by Gasteiger charge is -2.30. The molecule has 0 radical (unpaired) electrons. The first kappa shape index (κ1) is 30.3. The zero-order chi connectivity index (χ0) is 31.2. The highest BCUT2D eigenvalue weighted by Crippen LogP contribution is 2.23. The van der Waals surface area contributed by atoms with Gasteiger partial charge in [-0.2, -0.15) is 0 Å². The molecule has 230 valence electrons. The smallest absolute Gasteiger partial charge is 0.326 e. The molecule has 0 saturated carbocycles. The van der Waals surface area contributed by atoms with Crippen molar-refractivity contribution in [3.8, 4) is 5.75 Å². The molecular weight excluding hydrogens is 566 g/mol. The number of imidazole rings is 1. The summed E-state index contributed by atoms with van der Waals surface area (Å²) in [5.74, 6) is -2.76. The van der Waals surface area contributed by atoms with Crippen molar-refractivity contribution in [3.63, 3.8) is 0 Å². The number of benzene rings is 2. The van der Waals surface area contributed by atoms with Crippen molar-refractivity contribution >= 4 is 34.6 Å². The van der Waals surface area contributed by atoms with E-state index >= 15 is 0 Å². The summed E-state index contributed by atoms with van der Waals surface area (Å²) in [5, 5.41) is 25.6. The molecule has 4 aromatic rings. The van der Waals surface area contributed by atoms with Crippen molar-refractivity contribution in [2.24, 2.45) is 5.73 Å². The van der Waals surface area contributed by atoms with Crippen LogP contribution in [0.3, 0.4) is 0 Å². The van der Waals surface area contributed by atoms with Crippen LogP contribution in [0.15, 0.2) is 67.3 Å². The molecule has 0 bridgehead atoms. The Kier molecular flexibility index (Phi) is 9.24. The maximum atomic E-state index is 14.1. The van der Waals surface area contributed by atoms with Gasteiger partial charge in [-0.25, -0.2) is 9.78 Å². The second kappa shape index (κ2) is 13.4. The summed E-state index contributed by atoms with van der Waals surface area (Å²) in [6, 6.07) is 9.50. The summed E-state index contributed by atoms with van der Waals surface area (Å²) in [6.45, 7) is 0.271. The molecule has 1 saturated heterocycles. The van der Waals surface area contributed by atoms with Gasteiger partial charge in [0.05, 0.1) is 12.4 Å². The minimum absolute atomic E-state index is 0.00448. The molecule has 2 aromatic heterocycles. The number of carbonyl (C=O) groups is 4. The number of phenolic OH excluding ortho intramolecular Hbond substituents is 1. The first-order valence-electron chi connectivity index (χ1n) is 14.4. The summed E-state index contributed by atoms with van der Waals surface area (Å²) < 4.78 is 0. The minimum atomic E-state index is -1.24. The number of rotatable bonds is 12. The van der Waals surface area contributed by atoms with Crippen LogP contribution in [-0.2, 0) is 38.4 Å². The quantitative estimate of drug-likeness (QED) is 0.124. The van der Waals surface area contributed by atoms with Crippen LogP contribution in [0.2, 0.25) is 0 Å². The fourth-order valence-corrected chi connectivity index (χ4v) is 5.56. The average Bonchev–Trinajstić information content (AvgIpc) is 3.79. The number of aliphatic carboxylic acids is 1. The topological polar surface area (TPSA) is 207 Å². The summed E-state index contributed by atoms with van der Waals surface area (Å²) >= 11 is 0. The number of likely N-dealkylation sites (tertiary alicyclic amines) is 1. The SMILES string of the molecule is NC(Cc1cnc[nH]1)C(=O)NC(Cc1c[nH]c2ccccc12)C(=O)N1CCCC1C(=O)NC(Cc1ccc(O)cc1)C(=O)O. The molecule has 1 aliphatic heterocycles. The first-order chi connectivity index (χ1) is 21.2. The Morgan fingerprint density at radius 2 is 1.77 bits per heavy atom. The lowest BCUT2D eigenvalue weighted by molar-refractivity contribution is -0.144. The van der Waals surface area contributed by atoms with Gasteiger partial charge in [0.1, 0.15) is 23.9 Å². The summed E-state index contributed by atoms with van der Waals surface area (Å²) in [7, 11) is 0. The van der Waals surface area contributed by atoms with Crippen molar-refractivity contribution in [3.05, 3.63) is 84.1 Å². The molecule has 0 aliphatic carbocycles. The Labute approximate surface area is 252 Å². The maximum absolute atomic E-state index is 14.1. The van der Waals surface area contributed by atoms with Crippen LogP contribution < -0.4 is 16.4 Å². The maximum Gasteiger partial charge on any atom is 0.326 e. The van der Waals surface area contributed by atoms with E-state index < -0.39 is 47.9 Å². The van der Waals surface area contributed by atoms with Crippen LogP contribution in [0, 0.1) is 0 Å². The molecule has 13 nitrogen and oxygen atoms in total. The zero-order valence-corrected chi connectivity index (χ0v) is 23.9. The first-order valence-corrected chi connectivity index (χ1v) is 14.4. The van der Waals surface area contributed by atoms with E-state index in [0.717, 1.165) is 16.5 Å². The predicted octanol–water partition coefficient (Wildman–Crippen LogP) is 0.997. The summed E-state index contributed by atoms with van der Waals surface area (Å²) in [5.41, 5.74) is 9.15. The molecule has 3 amide bonds. The lowest BCUT2D eigenvalue weighted by Crippen LogP contribution is -2.57. The van der Waals surface area contributed by atoms with E-state index in [0.29, 0.717) is 24.1 Å². The standard InChI is InChI=1S/C31H35N7O6/c32-23(14-20-16-33-17-35-20)28(40)36-25(13-19-15-34-24-5-2-1-4-22(19)24)30(42)38-11-3-6-27(38)29(41)37-26(31(43)44)12-18-7-9-21(39)10-8-18/h1-2,4-5,7-10,15-17,23,25-27,34,39H,3,6,11-14,32H2,(H,33,35)(H,36,40)(H,37,41)(H,43,44). The number of carbonyl (C=O) groups excluding carboxylic acids is 3. The van der Waals surface area contributed by atoms with Crippen molar-refractivity contribution in [1.82, 2.24) is 30.5 Å². The van der Waals surface area contributed by atoms with Gasteiger partial charge >= 0.3 is 5.97 Å². The number of aromatic nitrogens is 3. The van der Waals surface area contributed by atoms with E-state index in [1.165, 1.54) is 23.4 Å². The van der Waals surface area contributed by atoms with Crippen LogP contribution in [0.4, 0.5) is 0 Å². The number of aromatic hydroxyl groups is 1. The van der Waals surface area contributed by atoms with Crippen LogP contribution in [0.25, 0.3) is 10.9 Å². The van der Waals surface area contributed by atoms with Gasteiger partial charge in [-0.3, -0.25) is 14.4 Å². The van der Waals surface area contributed by atoms with Crippen LogP contribution >= 0.6 is 0 Å². The number of H-pyrrole nitrogens is 2. The van der Waals surface area contributed by atoms with Gasteiger partial charge in [-0.05, 0) is 42.2 Å². The highest BCUT2D eigenvalue weighted by molar-refractivity contribution is 5.95. The van der Waals surface area contributed by atoms with Crippen molar-refractivity contribution in [1.29, 1.82) is 0 Å². The molecule has 3 heterocycles. The van der Waals surface area contributed by atoms with Gasteiger partial charge in [0, 0.05) is 54.8 Å². The number of nitrogens with one attached hydrogen (secondary N) is 4. The number of hydrogen-bond donors (Lipinski definition) is 7. The van der Waals surface area contributed by atoms with Gasteiger partial charge in [0.15, 0.2) is 0 Å². The Hall–Kier alpha value is -5.17. The third-order valence-electron chi connectivity index (χ3n) is 7.87. The third kappa shape index (κ3) is 7.06. The lowest BCUT2D eigenvalue weighted by atomic mass is 10.0. The molecule has 8 N–H and O–H groups in total. The molecule has 13 heteroatoms. The van der Waals surface area contributed by atoms with E-state index in [2.05, 4.69) is 25.6 Å². The highest BCUT2D eigenvalue weighted by atomic mass is 16.4. The van der Waals surface area contributed by atoms with Crippen molar-refractivity contribution < 1.29 is 29.4 Å². The number of nitrogens with two attached hydrogens (primary N) is 1. The number of para-hydroxylation sites is 1. The number of nitrogens with zero attached hydrogens (tertiary/aromatic N) is 2. The van der Waals surface area contributed by atoms with E-state index in [4.69, 9.17) is 5.73 Å². The van der Waals surface area contributed by atoms with Gasteiger partial charge in [0.2, 0.25) is 17.7 Å². The molecule has 0 spiro atoms. The molecule has 5 rings (SSSR count). The minimum Gasteiger partial charge on any atom is -0.508 e. The predicted molar refractivity (Wildman–Crippen MR) is 160 cm³/mol. The zero-order valence-electron chi connectivity index (χ0n) is 23.9. The van der Waals surface area contributed by atoms with E-state index in [9.17, 15) is 29.4 Å². The van der Waals surface area contributed by atoms with E-state index in [-0.39, 0.29) is 31.6 Å². The van der Waals surface area contributed by atoms with Gasteiger partial charge in [-0.1, -0.05) is 30.3 Å². The normalized spacial score (nSPS) is 16.8. The second-order valence-corrected chi connectivity index (χ2v) is 11.0. The Morgan fingerprint density at radius 1 is 1.00 bits per heavy atom. The fraction of sp³-hybridized carbons (Fsp3) is 0.323. The van der Waals surface area contributed by atoms with Gasteiger partial charge in [-0.15, -0.1) is 0 Å². The molecule has 4 unspecified atom stereocenters. The van der Waals surface area contributed by atoms with E-state index in [1.807, 2.05) is 24.3 Å². The Bertz CT molecular complexity index is 1620. The number of aromatic amines is 2. The van der Waals surface area contributed by atoms with Crippen molar-refractivity contribution in [2.45, 2.75) is 56.3 Å². The van der Waals surface area contributed by atoms with Crippen LogP contribution in [-0.4, -0.2) is 84.5 Å². The largest absolute Gasteiger partial charge is 0.508 e. The molecule has 1 aliphatic rings. The number of fused-ring (bicyclic) bond motifs is 1. The molecule has 4 atom stereocenters. The highest BCUT2D eigenvalue weighted by Gasteiger charge is 2.39. The number of hydrogen-bond acceptors (Lipinski definition) is 7. The van der Waals surface area contributed by atoms with Gasteiger partial charge in [0.25, 0.3) is 0 Å². The summed E-state index contributed by atoms with van der Waals surface area (Å²) in [6.07, 6.45) is 6.05. The molecular formula is C31H35N7O6. The van der Waals surface area contributed by atoms with Crippen molar-refractivity contribution in [2.75, 3.05) is 6.54 Å². The third-order valence-corrected chi connectivity index (χ3v) is 7.87. The molecule has 1 fully saturated rings. The Balaban J connectivity index is 1.33. The number of phenols is 1. The van der Waals surface area contributed by atoms with E-state index in [1.54, 1.807) is 24.5 Å². The molecule has 44 heavy (non-hydrogen) atoms. The molecule has 2 aromatic carbocycles. The average molecular weight is 602 g/mol. The number of amides is 3. The monoisotopic (exact) mass is 601 g/mol. The number of carboxylic acids is 1. The Morgan fingerprint density at radius 3 is 2.50 bits per heavy atom. The van der Waals surface area contributed by atoms with Gasteiger partial charge < -0.3 is 41.4 Å². The van der Waals surface area contributed by atoms with Crippen LogP contribution in [0.1, 0.15) is 29.7 Å². The number of carboxylic acid groups (broad SMARTS) is 1. The second-order valence-electron chi connectivity index (χ2n) is 11.0. The van der Waals surface area contributed by atoms with Crippen LogP contribution in [0.5, 0.6) is 5.75 Å². The fourth-order valence-electron chi connectivity index (χ4n) is 5.56.